The molecule has 0 aliphatic heterocycles. The number of carbonyl (C=O) groups excluding carboxylic acids is 1. The molecule has 0 unspecified atom stereocenters. The van der Waals surface area contributed by atoms with Crippen LogP contribution >= 0.6 is 0 Å². The maximum Gasteiger partial charge on any atom is 0.181 e. The van der Waals surface area contributed by atoms with E-state index in [2.05, 4.69) is 4.98 Å². The molecule has 0 radical (unpaired) electrons. The number of nitrogens with zero attached hydrogens (tertiary/aromatic N) is 1. The van der Waals surface area contributed by atoms with Crippen LogP contribution in [0.15, 0.2) is 54.6 Å². The molecule has 0 aliphatic carbocycles. The molecule has 0 amide bonds. The van der Waals surface area contributed by atoms with Gasteiger partial charge in [0.25, 0.3) is 0 Å². The Kier molecular flexibility index (Phi) is 3.28. The fourth-order valence-corrected chi connectivity index (χ4v) is 2.09. The first-order valence-electron chi connectivity index (χ1n) is 6.51. The number of ketones is 1. The number of rotatable bonds is 3. The average Bonchev–Trinajstić information content (AvgIpc) is 2.47. The third-order valence-electron chi connectivity index (χ3n) is 3.08. The van der Waals surface area contributed by atoms with E-state index < -0.39 is 0 Å². The fraction of sp³-hybridized carbons (Fsp3) is 0.0588. The molecular formula is C17H13NO3. The predicted octanol–water partition coefficient (Wildman–Crippen LogP) is 3.94. The smallest absolute Gasteiger partial charge is 0.181 e. The quantitative estimate of drug-likeness (QED) is 0.738. The van der Waals surface area contributed by atoms with Crippen LogP contribution in [0.5, 0.6) is 17.2 Å². The summed E-state index contributed by atoms with van der Waals surface area (Å²) in [5, 5.41) is 10.5. The van der Waals surface area contributed by atoms with Crippen molar-refractivity contribution in [3.05, 3.63) is 60.3 Å². The zero-order valence-electron chi connectivity index (χ0n) is 11.4. The number of fused-ring (bicyclic) bond motifs is 1. The standard InChI is InChI=1S/C17H13NO3/c1-11(19)17-16(20)10-12-9-14(7-8-15(12)18-17)21-13-5-3-2-4-6-13/h2-10,20H,1H3. The van der Waals surface area contributed by atoms with Crippen molar-refractivity contribution in [1.29, 1.82) is 0 Å². The molecule has 0 saturated carbocycles. The average molecular weight is 279 g/mol. The molecule has 3 rings (SSSR count). The molecular weight excluding hydrogens is 266 g/mol. The summed E-state index contributed by atoms with van der Waals surface area (Å²) in [5.74, 6) is 0.991. The van der Waals surface area contributed by atoms with Gasteiger partial charge in [0.1, 0.15) is 22.9 Å². The van der Waals surface area contributed by atoms with Gasteiger partial charge >= 0.3 is 0 Å². The monoisotopic (exact) mass is 279 g/mol. The van der Waals surface area contributed by atoms with Gasteiger partial charge in [-0.1, -0.05) is 18.2 Å². The fourth-order valence-electron chi connectivity index (χ4n) is 2.09. The van der Waals surface area contributed by atoms with Gasteiger partial charge in [-0.3, -0.25) is 4.79 Å². The second-order valence-electron chi connectivity index (χ2n) is 4.68. The lowest BCUT2D eigenvalue weighted by atomic mass is 10.1. The van der Waals surface area contributed by atoms with E-state index in [1.165, 1.54) is 13.0 Å². The number of para-hydroxylation sites is 1. The molecule has 0 aliphatic rings. The van der Waals surface area contributed by atoms with Crippen LogP contribution in [0.3, 0.4) is 0 Å². The van der Waals surface area contributed by atoms with E-state index in [1.54, 1.807) is 18.2 Å². The van der Waals surface area contributed by atoms with Crippen LogP contribution in [-0.4, -0.2) is 15.9 Å². The third kappa shape index (κ3) is 2.69. The summed E-state index contributed by atoms with van der Waals surface area (Å²) in [6, 6.07) is 16.3. The number of hydrogen-bond donors (Lipinski definition) is 1. The first-order valence-corrected chi connectivity index (χ1v) is 6.51. The van der Waals surface area contributed by atoms with Gasteiger partial charge in [-0.15, -0.1) is 0 Å². The molecule has 2 aromatic carbocycles. The summed E-state index contributed by atoms with van der Waals surface area (Å²) < 4.78 is 5.73. The normalized spacial score (nSPS) is 10.5. The van der Waals surface area contributed by atoms with Gasteiger partial charge in [-0.2, -0.15) is 0 Å². The minimum absolute atomic E-state index is 0.0826. The van der Waals surface area contributed by atoms with Gasteiger partial charge in [0.05, 0.1) is 5.52 Å². The number of aromatic hydroxyl groups is 1. The summed E-state index contributed by atoms with van der Waals surface area (Å²) in [5.41, 5.74) is 0.720. The van der Waals surface area contributed by atoms with Gasteiger partial charge in [0.15, 0.2) is 5.78 Å². The molecule has 104 valence electrons. The van der Waals surface area contributed by atoms with E-state index in [1.807, 2.05) is 30.3 Å². The largest absolute Gasteiger partial charge is 0.506 e. The van der Waals surface area contributed by atoms with Crippen molar-refractivity contribution in [1.82, 2.24) is 4.98 Å². The molecule has 0 atom stereocenters. The van der Waals surface area contributed by atoms with Crippen LogP contribution in [0, 0.1) is 0 Å². The highest BCUT2D eigenvalue weighted by molar-refractivity contribution is 5.97. The summed E-state index contributed by atoms with van der Waals surface area (Å²) in [6.07, 6.45) is 0. The highest BCUT2D eigenvalue weighted by Gasteiger charge is 2.10. The van der Waals surface area contributed by atoms with Crippen molar-refractivity contribution >= 4 is 16.7 Å². The Morgan fingerprint density at radius 2 is 1.81 bits per heavy atom. The van der Waals surface area contributed by atoms with Crippen LogP contribution in [0.25, 0.3) is 10.9 Å². The molecule has 0 spiro atoms. The minimum atomic E-state index is -0.265. The van der Waals surface area contributed by atoms with Crippen LogP contribution in [0.2, 0.25) is 0 Å². The van der Waals surface area contributed by atoms with E-state index in [0.717, 1.165) is 5.75 Å². The van der Waals surface area contributed by atoms with Crippen LogP contribution < -0.4 is 4.74 Å². The molecule has 0 bridgehead atoms. The summed E-state index contributed by atoms with van der Waals surface area (Å²) in [7, 11) is 0. The summed E-state index contributed by atoms with van der Waals surface area (Å²) in [6.45, 7) is 1.38. The Morgan fingerprint density at radius 1 is 1.05 bits per heavy atom. The Morgan fingerprint density at radius 3 is 2.52 bits per heavy atom. The summed E-state index contributed by atoms with van der Waals surface area (Å²) in [4.78, 5) is 15.5. The topological polar surface area (TPSA) is 59.4 Å². The van der Waals surface area contributed by atoms with E-state index in [4.69, 9.17) is 4.74 Å². The molecule has 1 N–H and O–H groups in total. The van der Waals surface area contributed by atoms with Gasteiger partial charge in [0, 0.05) is 12.3 Å². The highest BCUT2D eigenvalue weighted by atomic mass is 16.5. The van der Waals surface area contributed by atoms with Crippen molar-refractivity contribution in [2.75, 3.05) is 0 Å². The number of carbonyl (C=O) groups is 1. The van der Waals surface area contributed by atoms with Gasteiger partial charge < -0.3 is 9.84 Å². The number of pyridine rings is 1. The Labute approximate surface area is 121 Å². The Balaban J connectivity index is 2.01. The number of aromatic nitrogens is 1. The van der Waals surface area contributed by atoms with Gasteiger partial charge in [0.2, 0.25) is 0 Å². The molecule has 4 nitrogen and oxygen atoms in total. The second kappa shape index (κ2) is 5.25. The lowest BCUT2D eigenvalue weighted by Gasteiger charge is -2.08. The van der Waals surface area contributed by atoms with Crippen molar-refractivity contribution in [2.45, 2.75) is 6.92 Å². The maximum absolute atomic E-state index is 11.4. The van der Waals surface area contributed by atoms with Crippen LogP contribution in [0.4, 0.5) is 0 Å². The highest BCUT2D eigenvalue weighted by Crippen LogP contribution is 2.28. The predicted molar refractivity (Wildman–Crippen MR) is 79.9 cm³/mol. The number of benzene rings is 2. The molecule has 0 saturated heterocycles. The van der Waals surface area contributed by atoms with Crippen molar-refractivity contribution in [3.8, 4) is 17.2 Å². The molecule has 0 fully saturated rings. The second-order valence-corrected chi connectivity index (χ2v) is 4.68. The molecule has 1 heterocycles. The van der Waals surface area contributed by atoms with E-state index in [-0.39, 0.29) is 17.2 Å². The molecule has 1 aromatic heterocycles. The Hall–Kier alpha value is -2.88. The zero-order valence-corrected chi connectivity index (χ0v) is 11.4. The molecule has 3 aromatic rings. The first kappa shape index (κ1) is 13.1. The number of ether oxygens (including phenoxy) is 1. The number of hydrogen-bond acceptors (Lipinski definition) is 4. The molecule has 21 heavy (non-hydrogen) atoms. The van der Waals surface area contributed by atoms with Crippen LogP contribution in [-0.2, 0) is 0 Å². The Bertz CT molecular complexity index is 813. The summed E-state index contributed by atoms with van der Waals surface area (Å²) >= 11 is 0. The zero-order chi connectivity index (χ0) is 14.8. The van der Waals surface area contributed by atoms with Crippen molar-refractivity contribution in [3.63, 3.8) is 0 Å². The minimum Gasteiger partial charge on any atom is -0.506 e. The maximum atomic E-state index is 11.4. The van der Waals surface area contributed by atoms with Crippen molar-refractivity contribution < 1.29 is 14.6 Å². The SMILES string of the molecule is CC(=O)c1nc2ccc(Oc3ccccc3)cc2cc1O. The van der Waals surface area contributed by atoms with E-state index >= 15 is 0 Å². The number of Topliss-reactive ketones (excluding diaryl/α,β-unsaturated/α-hetero) is 1. The lowest BCUT2D eigenvalue weighted by molar-refractivity contribution is 0.101. The van der Waals surface area contributed by atoms with Gasteiger partial charge in [-0.05, 0) is 36.4 Å². The van der Waals surface area contributed by atoms with Crippen LogP contribution in [0.1, 0.15) is 17.4 Å². The van der Waals surface area contributed by atoms with Gasteiger partial charge in [-0.25, -0.2) is 4.98 Å². The lowest BCUT2D eigenvalue weighted by Crippen LogP contribution is -1.97. The van der Waals surface area contributed by atoms with E-state index in [9.17, 15) is 9.90 Å². The third-order valence-corrected chi connectivity index (χ3v) is 3.08. The molecule has 4 heteroatoms. The van der Waals surface area contributed by atoms with E-state index in [0.29, 0.717) is 16.7 Å². The first-order chi connectivity index (χ1) is 10.1. The van der Waals surface area contributed by atoms with Crippen molar-refractivity contribution in [2.24, 2.45) is 0 Å².